The van der Waals surface area contributed by atoms with Gasteiger partial charge in [-0.05, 0) is 42.8 Å². The number of rotatable bonds is 5. The number of aromatic hydroxyl groups is 1. The summed E-state index contributed by atoms with van der Waals surface area (Å²) >= 11 is 0. The van der Waals surface area contributed by atoms with E-state index in [0.29, 0.717) is 11.3 Å². The van der Waals surface area contributed by atoms with Crippen LogP contribution < -0.4 is 10.2 Å². The maximum atomic E-state index is 12.2. The number of ether oxygens (including phenoxy) is 1. The molecule has 124 valence electrons. The van der Waals surface area contributed by atoms with Gasteiger partial charge >= 0.3 is 0 Å². The number of phenolic OH excluding ortho intramolecular Hbond substituents is 1. The molecular formula is C16H15N3O5. The van der Waals surface area contributed by atoms with Gasteiger partial charge in [0.05, 0.1) is 23.3 Å². The molecule has 0 heterocycles. The quantitative estimate of drug-likeness (QED) is 0.497. The van der Waals surface area contributed by atoms with Crippen LogP contribution in [0.4, 0.5) is 5.69 Å². The Kier molecular flexibility index (Phi) is 5.10. The van der Waals surface area contributed by atoms with Crippen LogP contribution in [0.25, 0.3) is 0 Å². The molecule has 2 aromatic carbocycles. The number of nitro benzene ring substituents is 1. The summed E-state index contributed by atoms with van der Waals surface area (Å²) in [4.78, 5) is 22.5. The number of non-ortho nitro benzene ring substituents is 1. The van der Waals surface area contributed by atoms with E-state index in [9.17, 15) is 20.0 Å². The second kappa shape index (κ2) is 7.23. The maximum Gasteiger partial charge on any atom is 0.275 e. The van der Waals surface area contributed by atoms with Gasteiger partial charge in [-0.25, -0.2) is 5.43 Å². The highest BCUT2D eigenvalue weighted by Gasteiger charge is 2.17. The van der Waals surface area contributed by atoms with Crippen molar-refractivity contribution >= 4 is 17.3 Å². The average molecular weight is 329 g/mol. The molecule has 0 radical (unpaired) electrons. The molecule has 0 saturated carbocycles. The molecule has 0 aliphatic carbocycles. The monoisotopic (exact) mass is 329 g/mol. The Morgan fingerprint density at radius 1 is 1.25 bits per heavy atom. The summed E-state index contributed by atoms with van der Waals surface area (Å²) in [7, 11) is 1.36. The van der Waals surface area contributed by atoms with Gasteiger partial charge < -0.3 is 9.84 Å². The lowest BCUT2D eigenvalue weighted by molar-refractivity contribution is -0.384. The topological polar surface area (TPSA) is 114 Å². The zero-order valence-electron chi connectivity index (χ0n) is 13.0. The van der Waals surface area contributed by atoms with Crippen LogP contribution in [0.15, 0.2) is 47.6 Å². The van der Waals surface area contributed by atoms with E-state index >= 15 is 0 Å². The molecule has 0 atom stereocenters. The first kappa shape index (κ1) is 16.9. The Bertz CT molecular complexity index is 800. The van der Waals surface area contributed by atoms with Crippen LogP contribution in [-0.4, -0.2) is 28.8 Å². The number of hydrogen-bond donors (Lipinski definition) is 2. The molecule has 8 heteroatoms. The molecule has 24 heavy (non-hydrogen) atoms. The van der Waals surface area contributed by atoms with Crippen LogP contribution in [0.5, 0.6) is 11.5 Å². The second-order valence-electron chi connectivity index (χ2n) is 4.83. The van der Waals surface area contributed by atoms with Crippen molar-refractivity contribution in [3.05, 3.63) is 63.7 Å². The molecular weight excluding hydrogens is 314 g/mol. The van der Waals surface area contributed by atoms with Gasteiger partial charge in [0.1, 0.15) is 11.5 Å². The molecule has 0 aromatic heterocycles. The summed E-state index contributed by atoms with van der Waals surface area (Å²) in [5, 5.41) is 24.1. The van der Waals surface area contributed by atoms with Gasteiger partial charge in [0.2, 0.25) is 0 Å². The predicted molar refractivity (Wildman–Crippen MR) is 87.4 cm³/mol. The van der Waals surface area contributed by atoms with Crippen LogP contribution in [-0.2, 0) is 0 Å². The van der Waals surface area contributed by atoms with Crippen molar-refractivity contribution in [1.29, 1.82) is 0 Å². The second-order valence-corrected chi connectivity index (χ2v) is 4.83. The van der Waals surface area contributed by atoms with Crippen molar-refractivity contribution in [2.75, 3.05) is 7.11 Å². The third-order valence-corrected chi connectivity index (χ3v) is 3.25. The highest BCUT2D eigenvalue weighted by atomic mass is 16.6. The first-order chi connectivity index (χ1) is 11.4. The molecule has 0 unspecified atom stereocenters. The van der Waals surface area contributed by atoms with Crippen LogP contribution in [0.3, 0.4) is 0 Å². The lowest BCUT2D eigenvalue weighted by Gasteiger charge is -2.07. The third-order valence-electron chi connectivity index (χ3n) is 3.25. The van der Waals surface area contributed by atoms with Gasteiger partial charge in [-0.15, -0.1) is 0 Å². The van der Waals surface area contributed by atoms with E-state index in [1.165, 1.54) is 31.4 Å². The van der Waals surface area contributed by atoms with Crippen molar-refractivity contribution in [3.63, 3.8) is 0 Å². The van der Waals surface area contributed by atoms with Crippen LogP contribution >= 0.6 is 0 Å². The van der Waals surface area contributed by atoms with E-state index in [4.69, 9.17) is 4.74 Å². The van der Waals surface area contributed by atoms with E-state index in [1.807, 2.05) is 0 Å². The van der Waals surface area contributed by atoms with Crippen molar-refractivity contribution < 1.29 is 19.6 Å². The van der Waals surface area contributed by atoms with E-state index in [-0.39, 0.29) is 22.7 Å². The molecule has 1 amide bonds. The molecule has 2 N–H and O–H groups in total. The first-order valence-corrected chi connectivity index (χ1v) is 6.89. The lowest BCUT2D eigenvalue weighted by Crippen LogP contribution is -2.20. The third kappa shape index (κ3) is 3.86. The fourth-order valence-corrected chi connectivity index (χ4v) is 1.95. The molecule has 8 nitrogen and oxygen atoms in total. The Morgan fingerprint density at radius 2 is 1.92 bits per heavy atom. The normalized spacial score (nSPS) is 11.0. The summed E-state index contributed by atoms with van der Waals surface area (Å²) < 4.78 is 5.05. The number of phenols is 1. The summed E-state index contributed by atoms with van der Waals surface area (Å²) in [5.41, 5.74) is 3.34. The largest absolute Gasteiger partial charge is 0.508 e. The Balaban J connectivity index is 2.22. The lowest BCUT2D eigenvalue weighted by atomic mass is 10.1. The first-order valence-electron chi connectivity index (χ1n) is 6.89. The molecule has 0 aliphatic rings. The van der Waals surface area contributed by atoms with E-state index in [2.05, 4.69) is 10.5 Å². The molecule has 0 bridgehead atoms. The predicted octanol–water partition coefficient (Wildman–Crippen LogP) is 2.46. The number of carbonyl (C=O) groups excluding carboxylic acids is 1. The van der Waals surface area contributed by atoms with E-state index in [1.54, 1.807) is 19.1 Å². The summed E-state index contributed by atoms with van der Waals surface area (Å²) in [5.74, 6) is -0.304. The van der Waals surface area contributed by atoms with Crippen LogP contribution in [0.2, 0.25) is 0 Å². The van der Waals surface area contributed by atoms with Gasteiger partial charge in [-0.3, -0.25) is 14.9 Å². The number of nitrogens with one attached hydrogen (secondary N) is 1. The Labute approximate surface area is 137 Å². The fraction of sp³-hybridized carbons (Fsp3) is 0.125. The maximum absolute atomic E-state index is 12.2. The number of carbonyl (C=O) groups is 1. The minimum Gasteiger partial charge on any atom is -0.508 e. The number of nitrogens with zero attached hydrogens (tertiary/aromatic N) is 2. The number of nitro groups is 1. The van der Waals surface area contributed by atoms with Gasteiger partial charge in [0, 0.05) is 12.1 Å². The molecule has 2 rings (SSSR count). The summed E-state index contributed by atoms with van der Waals surface area (Å²) in [6.07, 6.45) is 0. The molecule has 0 fully saturated rings. The SMILES string of the molecule is COc1ccc([N+](=O)[O-])cc1C(=O)N/N=C(/C)c1ccc(O)cc1. The zero-order valence-corrected chi connectivity index (χ0v) is 13.0. The molecule has 0 saturated heterocycles. The number of hydrogen-bond acceptors (Lipinski definition) is 6. The Morgan fingerprint density at radius 3 is 2.50 bits per heavy atom. The average Bonchev–Trinajstić information content (AvgIpc) is 2.59. The molecule has 0 aliphatic heterocycles. The van der Waals surface area contributed by atoms with Crippen molar-refractivity contribution in [3.8, 4) is 11.5 Å². The number of benzene rings is 2. The van der Waals surface area contributed by atoms with Gasteiger partial charge in [0.15, 0.2) is 0 Å². The number of methoxy groups -OCH3 is 1. The van der Waals surface area contributed by atoms with Gasteiger partial charge in [-0.1, -0.05) is 0 Å². The van der Waals surface area contributed by atoms with E-state index < -0.39 is 10.8 Å². The molecule has 2 aromatic rings. The summed E-state index contributed by atoms with van der Waals surface area (Å²) in [6, 6.07) is 10.0. The van der Waals surface area contributed by atoms with Gasteiger partial charge in [0.25, 0.3) is 11.6 Å². The smallest absolute Gasteiger partial charge is 0.275 e. The fourth-order valence-electron chi connectivity index (χ4n) is 1.95. The summed E-state index contributed by atoms with van der Waals surface area (Å²) in [6.45, 7) is 1.68. The van der Waals surface area contributed by atoms with Gasteiger partial charge in [-0.2, -0.15) is 5.10 Å². The Hall–Kier alpha value is -3.42. The minimum absolute atomic E-state index is 0.00829. The minimum atomic E-state index is -0.631. The van der Waals surface area contributed by atoms with Crippen molar-refractivity contribution in [2.45, 2.75) is 6.92 Å². The zero-order chi connectivity index (χ0) is 17.7. The highest BCUT2D eigenvalue weighted by Crippen LogP contribution is 2.23. The highest BCUT2D eigenvalue weighted by molar-refractivity contribution is 6.01. The van der Waals surface area contributed by atoms with Crippen molar-refractivity contribution in [2.24, 2.45) is 5.10 Å². The van der Waals surface area contributed by atoms with Crippen LogP contribution in [0.1, 0.15) is 22.8 Å². The van der Waals surface area contributed by atoms with Crippen LogP contribution in [0, 0.1) is 10.1 Å². The standard InChI is InChI=1S/C16H15N3O5/c1-10(11-3-6-13(20)7-4-11)17-18-16(21)14-9-12(19(22)23)5-8-15(14)24-2/h3-9,20H,1-2H3,(H,18,21)/b17-10-. The van der Waals surface area contributed by atoms with Crippen molar-refractivity contribution in [1.82, 2.24) is 5.43 Å². The number of amides is 1. The molecule has 0 spiro atoms. The van der Waals surface area contributed by atoms with E-state index in [0.717, 1.165) is 6.07 Å². The number of hydrazone groups is 1.